The molecule has 0 aromatic heterocycles. The fourth-order valence-corrected chi connectivity index (χ4v) is 6.48. The van der Waals surface area contributed by atoms with E-state index >= 15 is 0 Å². The first kappa shape index (κ1) is 24.3. The topological polar surface area (TPSA) is 24.1 Å². The van der Waals surface area contributed by atoms with Crippen molar-refractivity contribution in [1.29, 1.82) is 0 Å². The number of nitrogens with one attached hydrogen (secondary N) is 2. The highest BCUT2D eigenvalue weighted by atomic mass is 35.5. The van der Waals surface area contributed by atoms with E-state index in [1.54, 1.807) is 6.07 Å². The minimum atomic E-state index is -4.43. The molecule has 2 aliphatic rings. The van der Waals surface area contributed by atoms with Gasteiger partial charge >= 0.3 is 6.18 Å². The number of hydrogen-bond acceptors (Lipinski definition) is 2. The lowest BCUT2D eigenvalue weighted by atomic mass is 9.57. The van der Waals surface area contributed by atoms with Crippen molar-refractivity contribution in [2.24, 2.45) is 17.8 Å². The summed E-state index contributed by atoms with van der Waals surface area (Å²) in [5, 5.41) is 6.71. The molecule has 0 aliphatic heterocycles. The van der Waals surface area contributed by atoms with Crippen molar-refractivity contribution < 1.29 is 13.2 Å². The second-order valence-corrected chi connectivity index (χ2v) is 11.3. The molecule has 0 saturated heterocycles. The second kappa shape index (κ2) is 9.05. The minimum Gasteiger partial charge on any atom is -0.383 e. The van der Waals surface area contributed by atoms with Crippen LogP contribution in [-0.2, 0) is 11.6 Å². The summed E-state index contributed by atoms with van der Waals surface area (Å²) >= 11 is 6.66. The zero-order chi connectivity index (χ0) is 24.0. The minimum absolute atomic E-state index is 0.0166. The van der Waals surface area contributed by atoms with Crippen LogP contribution >= 0.6 is 11.6 Å². The molecule has 0 heterocycles. The van der Waals surface area contributed by atoms with Crippen LogP contribution < -0.4 is 10.6 Å². The third-order valence-corrected chi connectivity index (χ3v) is 7.59. The molecule has 2 unspecified atom stereocenters. The fraction of sp³-hybridized carbons (Fsp3) is 0.556. The Hall–Kier alpha value is -1.88. The Labute approximate surface area is 200 Å². The van der Waals surface area contributed by atoms with Crippen LogP contribution in [0.15, 0.2) is 36.4 Å². The predicted octanol–water partition coefficient (Wildman–Crippen LogP) is 9.03. The van der Waals surface area contributed by atoms with Gasteiger partial charge in [0.05, 0.1) is 16.3 Å². The summed E-state index contributed by atoms with van der Waals surface area (Å²) in [5.41, 5.74) is 2.02. The predicted molar refractivity (Wildman–Crippen MR) is 132 cm³/mol. The van der Waals surface area contributed by atoms with Gasteiger partial charge in [0, 0.05) is 17.4 Å². The van der Waals surface area contributed by atoms with Crippen LogP contribution in [0.4, 0.5) is 30.2 Å². The number of halogens is 4. The number of hydrogen-bond donors (Lipinski definition) is 2. The summed E-state index contributed by atoms with van der Waals surface area (Å²) in [4.78, 5) is 0. The van der Waals surface area contributed by atoms with Crippen molar-refractivity contribution in [2.75, 3.05) is 10.6 Å². The molecule has 2 N–H and O–H groups in total. The summed E-state index contributed by atoms with van der Waals surface area (Å²) in [6, 6.07) is 9.98. The Kier molecular flexibility index (Phi) is 6.65. The number of fused-ring (bicyclic) bond motifs is 2. The maximum Gasteiger partial charge on any atom is 0.416 e. The molecule has 2 nitrogen and oxygen atoms in total. The summed E-state index contributed by atoms with van der Waals surface area (Å²) in [5.74, 6) is 2.35. The highest BCUT2D eigenvalue weighted by Crippen LogP contribution is 2.52. The Morgan fingerprint density at radius 3 is 2.18 bits per heavy atom. The van der Waals surface area contributed by atoms with Gasteiger partial charge in [0.15, 0.2) is 0 Å². The van der Waals surface area contributed by atoms with Gasteiger partial charge in [-0.2, -0.15) is 13.2 Å². The van der Waals surface area contributed by atoms with E-state index in [0.717, 1.165) is 29.9 Å². The van der Waals surface area contributed by atoms with Crippen molar-refractivity contribution in [3.8, 4) is 0 Å². The Morgan fingerprint density at radius 1 is 0.970 bits per heavy atom. The molecule has 0 spiro atoms. The van der Waals surface area contributed by atoms with Crippen LogP contribution in [0.2, 0.25) is 5.02 Å². The number of anilines is 3. The van der Waals surface area contributed by atoms with Gasteiger partial charge in [0.25, 0.3) is 0 Å². The van der Waals surface area contributed by atoms with Gasteiger partial charge in [-0.25, -0.2) is 0 Å². The average molecular weight is 479 g/mol. The van der Waals surface area contributed by atoms with Gasteiger partial charge in [-0.05, 0) is 105 Å². The van der Waals surface area contributed by atoms with E-state index in [1.165, 1.54) is 37.7 Å². The normalized spacial score (nSPS) is 27.5. The molecule has 6 heteroatoms. The maximum absolute atomic E-state index is 13.4. The van der Waals surface area contributed by atoms with Crippen LogP contribution in [0.5, 0.6) is 0 Å². The van der Waals surface area contributed by atoms with Crippen molar-refractivity contribution in [3.05, 3.63) is 52.5 Å². The van der Waals surface area contributed by atoms with E-state index in [1.807, 2.05) is 26.0 Å². The third kappa shape index (κ3) is 5.62. The SMILES string of the molecule is CC1CC2CC(C1)CC(C)(c1ccc(Nc3cc(NC(C)C)cc(C(F)(F)F)c3)c(Cl)c1)C2. The summed E-state index contributed by atoms with van der Waals surface area (Å²) in [6.07, 6.45) is 1.88. The molecule has 2 atom stereocenters. The van der Waals surface area contributed by atoms with Gasteiger partial charge in [-0.3, -0.25) is 0 Å². The molecule has 180 valence electrons. The lowest BCUT2D eigenvalue weighted by molar-refractivity contribution is -0.137. The molecular weight excluding hydrogens is 445 g/mol. The molecular formula is C27H34ClF3N2. The smallest absolute Gasteiger partial charge is 0.383 e. The van der Waals surface area contributed by atoms with E-state index in [4.69, 9.17) is 11.6 Å². The quantitative estimate of drug-likeness (QED) is 0.447. The van der Waals surface area contributed by atoms with Gasteiger partial charge in [-0.1, -0.05) is 31.5 Å². The first-order valence-electron chi connectivity index (χ1n) is 12.0. The van der Waals surface area contributed by atoms with Crippen LogP contribution in [0.1, 0.15) is 70.9 Å². The van der Waals surface area contributed by atoms with Gasteiger partial charge in [-0.15, -0.1) is 0 Å². The standard InChI is InChI=1S/C27H34ClF3N2/c1-16(2)32-22-10-21(27(29,30)31)11-23(13-22)33-25-6-5-20(12-24(25)28)26(4)14-18-7-17(3)8-19(9-18)15-26/h5-6,10-13,16-19,32-33H,7-9,14-15H2,1-4H3. The van der Waals surface area contributed by atoms with Gasteiger partial charge in [0.2, 0.25) is 0 Å². The third-order valence-electron chi connectivity index (χ3n) is 7.28. The summed E-state index contributed by atoms with van der Waals surface area (Å²) in [6.45, 7) is 8.50. The average Bonchev–Trinajstić information content (AvgIpc) is 2.67. The summed E-state index contributed by atoms with van der Waals surface area (Å²) < 4.78 is 40.3. The van der Waals surface area contributed by atoms with Crippen LogP contribution in [0, 0.1) is 17.8 Å². The van der Waals surface area contributed by atoms with Gasteiger partial charge in [0.1, 0.15) is 0 Å². The number of alkyl halides is 3. The maximum atomic E-state index is 13.4. The van der Waals surface area contributed by atoms with Crippen LogP contribution in [0.25, 0.3) is 0 Å². The molecule has 33 heavy (non-hydrogen) atoms. The molecule has 0 amide bonds. The van der Waals surface area contributed by atoms with E-state index in [9.17, 15) is 13.2 Å². The van der Waals surface area contributed by atoms with Crippen molar-refractivity contribution in [1.82, 2.24) is 0 Å². The molecule has 2 bridgehead atoms. The zero-order valence-electron chi connectivity index (χ0n) is 19.8. The Morgan fingerprint density at radius 2 is 1.61 bits per heavy atom. The van der Waals surface area contributed by atoms with E-state index < -0.39 is 11.7 Å². The highest BCUT2D eigenvalue weighted by Gasteiger charge is 2.42. The van der Waals surface area contributed by atoms with Crippen molar-refractivity contribution in [3.63, 3.8) is 0 Å². The Balaban J connectivity index is 1.58. The largest absolute Gasteiger partial charge is 0.416 e. The van der Waals surface area contributed by atoms with E-state index in [-0.39, 0.29) is 11.5 Å². The highest BCUT2D eigenvalue weighted by molar-refractivity contribution is 6.33. The van der Waals surface area contributed by atoms with Crippen LogP contribution in [0.3, 0.4) is 0 Å². The first-order chi connectivity index (χ1) is 15.4. The van der Waals surface area contributed by atoms with Gasteiger partial charge < -0.3 is 10.6 Å². The van der Waals surface area contributed by atoms with E-state index in [0.29, 0.717) is 22.1 Å². The van der Waals surface area contributed by atoms with Crippen LogP contribution in [-0.4, -0.2) is 6.04 Å². The van der Waals surface area contributed by atoms with Crippen molar-refractivity contribution >= 4 is 28.7 Å². The second-order valence-electron chi connectivity index (χ2n) is 10.9. The van der Waals surface area contributed by atoms with Crippen molar-refractivity contribution in [2.45, 2.75) is 77.4 Å². The number of rotatable bonds is 5. The molecule has 2 fully saturated rings. The molecule has 0 radical (unpaired) electrons. The summed E-state index contributed by atoms with van der Waals surface area (Å²) in [7, 11) is 0. The molecule has 2 aromatic rings. The first-order valence-corrected chi connectivity index (χ1v) is 12.3. The fourth-order valence-electron chi connectivity index (χ4n) is 6.25. The molecule has 2 saturated carbocycles. The molecule has 2 aromatic carbocycles. The lowest BCUT2D eigenvalue weighted by Crippen LogP contribution is -2.38. The monoisotopic (exact) mass is 478 g/mol. The molecule has 2 aliphatic carbocycles. The lowest BCUT2D eigenvalue weighted by Gasteiger charge is -2.47. The molecule has 4 rings (SSSR count). The Bertz CT molecular complexity index is 983. The number of benzene rings is 2. The van der Waals surface area contributed by atoms with E-state index in [2.05, 4.69) is 30.5 Å². The zero-order valence-corrected chi connectivity index (χ0v) is 20.6.